The minimum absolute atomic E-state index is 0.0454. The average molecular weight is 213 g/mol. The van der Waals surface area contributed by atoms with Crippen molar-refractivity contribution in [1.29, 1.82) is 0 Å². The highest BCUT2D eigenvalue weighted by Gasteiger charge is 2.42. The van der Waals surface area contributed by atoms with E-state index >= 15 is 0 Å². The summed E-state index contributed by atoms with van der Waals surface area (Å²) in [4.78, 5) is 0. The van der Waals surface area contributed by atoms with Gasteiger partial charge in [-0.1, -0.05) is 0 Å². The van der Waals surface area contributed by atoms with E-state index in [-0.39, 0.29) is 17.2 Å². The van der Waals surface area contributed by atoms with Crippen LogP contribution in [0.15, 0.2) is 0 Å². The third-order valence-electron chi connectivity index (χ3n) is 3.91. The molecule has 0 aromatic carbocycles. The molecule has 2 aliphatic heterocycles. The number of nitrogens with two attached hydrogens (primary N) is 1. The lowest BCUT2D eigenvalue weighted by Crippen LogP contribution is -2.48. The fraction of sp³-hybridized carbons (Fsp3) is 1.00. The molecular formula is C12H23NO2. The molecule has 2 fully saturated rings. The molecule has 0 radical (unpaired) electrons. The van der Waals surface area contributed by atoms with Crippen LogP contribution in [0.4, 0.5) is 0 Å². The predicted molar refractivity (Wildman–Crippen MR) is 59.8 cm³/mol. The van der Waals surface area contributed by atoms with Gasteiger partial charge in [-0.05, 0) is 46.5 Å². The molecular weight excluding hydrogens is 190 g/mol. The van der Waals surface area contributed by atoms with Crippen LogP contribution in [0, 0.1) is 0 Å². The summed E-state index contributed by atoms with van der Waals surface area (Å²) in [6, 6.07) is 0. The molecule has 15 heavy (non-hydrogen) atoms. The monoisotopic (exact) mass is 213 g/mol. The van der Waals surface area contributed by atoms with Crippen LogP contribution in [0.3, 0.4) is 0 Å². The molecule has 2 heterocycles. The molecule has 0 spiro atoms. The van der Waals surface area contributed by atoms with Crippen LogP contribution in [0.25, 0.3) is 0 Å². The first-order chi connectivity index (χ1) is 6.91. The van der Waals surface area contributed by atoms with E-state index < -0.39 is 0 Å². The van der Waals surface area contributed by atoms with Gasteiger partial charge in [0.2, 0.25) is 0 Å². The average Bonchev–Trinajstić information content (AvgIpc) is 2.59. The van der Waals surface area contributed by atoms with Gasteiger partial charge >= 0.3 is 0 Å². The largest absolute Gasteiger partial charge is 0.377 e. The molecule has 3 unspecified atom stereocenters. The molecule has 3 heteroatoms. The van der Waals surface area contributed by atoms with E-state index in [1.807, 2.05) is 0 Å². The fourth-order valence-electron chi connectivity index (χ4n) is 2.71. The van der Waals surface area contributed by atoms with Crippen molar-refractivity contribution >= 4 is 0 Å². The summed E-state index contributed by atoms with van der Waals surface area (Å²) in [5.41, 5.74) is 6.25. The van der Waals surface area contributed by atoms with Gasteiger partial charge in [-0.2, -0.15) is 0 Å². The molecule has 0 aliphatic carbocycles. The van der Waals surface area contributed by atoms with Gasteiger partial charge in [0.15, 0.2) is 0 Å². The maximum atomic E-state index is 6.37. The van der Waals surface area contributed by atoms with Crippen LogP contribution >= 0.6 is 0 Å². The highest BCUT2D eigenvalue weighted by atomic mass is 16.5. The van der Waals surface area contributed by atoms with Crippen LogP contribution in [-0.4, -0.2) is 30.0 Å². The second kappa shape index (κ2) is 3.72. The second-order valence-corrected chi connectivity index (χ2v) is 5.74. The number of ether oxygens (including phenoxy) is 2. The minimum Gasteiger partial charge on any atom is -0.377 e. The summed E-state index contributed by atoms with van der Waals surface area (Å²) in [5, 5.41) is 0. The van der Waals surface area contributed by atoms with Gasteiger partial charge in [0, 0.05) is 12.1 Å². The SMILES string of the molecule is CC1OCCC1(N)CC1CCC(C)(C)O1. The van der Waals surface area contributed by atoms with Crippen molar-refractivity contribution < 1.29 is 9.47 Å². The lowest BCUT2D eigenvalue weighted by molar-refractivity contribution is -0.0323. The molecule has 0 amide bonds. The van der Waals surface area contributed by atoms with E-state index in [0.717, 1.165) is 32.3 Å². The summed E-state index contributed by atoms with van der Waals surface area (Å²) < 4.78 is 11.5. The van der Waals surface area contributed by atoms with Gasteiger partial charge in [0.1, 0.15) is 0 Å². The van der Waals surface area contributed by atoms with Gasteiger partial charge in [0.05, 0.1) is 17.8 Å². The van der Waals surface area contributed by atoms with Crippen molar-refractivity contribution in [3.63, 3.8) is 0 Å². The Hall–Kier alpha value is -0.120. The van der Waals surface area contributed by atoms with E-state index in [1.165, 1.54) is 0 Å². The molecule has 88 valence electrons. The van der Waals surface area contributed by atoms with Gasteiger partial charge in [-0.3, -0.25) is 0 Å². The molecule has 0 bridgehead atoms. The Labute approximate surface area is 92.3 Å². The first kappa shape index (κ1) is 11.4. The standard InChI is InChI=1S/C12H23NO2/c1-9-12(13,6-7-14-9)8-10-4-5-11(2,3)15-10/h9-10H,4-8,13H2,1-3H3. The van der Waals surface area contributed by atoms with Crippen LogP contribution in [0.1, 0.15) is 46.5 Å². The maximum Gasteiger partial charge on any atom is 0.0728 e. The summed E-state index contributed by atoms with van der Waals surface area (Å²) in [6.07, 6.45) is 4.69. The third-order valence-corrected chi connectivity index (χ3v) is 3.91. The van der Waals surface area contributed by atoms with E-state index in [9.17, 15) is 0 Å². The van der Waals surface area contributed by atoms with Crippen LogP contribution in [0.2, 0.25) is 0 Å². The summed E-state index contributed by atoms with van der Waals surface area (Å²) in [7, 11) is 0. The zero-order valence-corrected chi connectivity index (χ0v) is 10.1. The zero-order chi connectivity index (χ0) is 11.1. The molecule has 2 rings (SSSR count). The first-order valence-corrected chi connectivity index (χ1v) is 6.00. The highest BCUT2D eigenvalue weighted by molar-refractivity contribution is 4.98. The molecule has 0 aromatic heterocycles. The van der Waals surface area contributed by atoms with Gasteiger partial charge in [-0.15, -0.1) is 0 Å². The van der Waals surface area contributed by atoms with Crippen LogP contribution in [-0.2, 0) is 9.47 Å². The molecule has 2 aliphatic rings. The Kier molecular flexibility index (Phi) is 2.82. The molecule has 2 N–H and O–H groups in total. The van der Waals surface area contributed by atoms with Crippen molar-refractivity contribution in [2.45, 2.75) is 69.8 Å². The maximum absolute atomic E-state index is 6.37. The molecule has 2 saturated heterocycles. The smallest absolute Gasteiger partial charge is 0.0728 e. The second-order valence-electron chi connectivity index (χ2n) is 5.74. The predicted octanol–water partition coefficient (Wildman–Crippen LogP) is 1.84. The summed E-state index contributed by atoms with van der Waals surface area (Å²) in [5.74, 6) is 0. The van der Waals surface area contributed by atoms with Crippen molar-refractivity contribution in [3.05, 3.63) is 0 Å². The molecule has 3 nitrogen and oxygen atoms in total. The molecule has 0 saturated carbocycles. The normalized spacial score (nSPS) is 44.8. The van der Waals surface area contributed by atoms with Crippen LogP contribution in [0.5, 0.6) is 0 Å². The molecule has 3 atom stereocenters. The number of hydrogen-bond donors (Lipinski definition) is 1. The Morgan fingerprint density at radius 2 is 2.07 bits per heavy atom. The summed E-state index contributed by atoms with van der Waals surface area (Å²) >= 11 is 0. The van der Waals surface area contributed by atoms with Crippen molar-refractivity contribution in [2.24, 2.45) is 5.73 Å². The van der Waals surface area contributed by atoms with Crippen molar-refractivity contribution in [2.75, 3.05) is 6.61 Å². The lowest BCUT2D eigenvalue weighted by atomic mass is 9.86. The Balaban J connectivity index is 1.92. The van der Waals surface area contributed by atoms with E-state index in [0.29, 0.717) is 6.10 Å². The van der Waals surface area contributed by atoms with Crippen molar-refractivity contribution in [1.82, 2.24) is 0 Å². The lowest BCUT2D eigenvalue weighted by Gasteiger charge is -2.31. The Bertz CT molecular complexity index is 242. The van der Waals surface area contributed by atoms with E-state index in [1.54, 1.807) is 0 Å². The highest BCUT2D eigenvalue weighted by Crippen LogP contribution is 2.36. The Morgan fingerprint density at radius 3 is 2.53 bits per heavy atom. The minimum atomic E-state index is -0.162. The van der Waals surface area contributed by atoms with Crippen molar-refractivity contribution in [3.8, 4) is 0 Å². The zero-order valence-electron chi connectivity index (χ0n) is 10.1. The topological polar surface area (TPSA) is 44.5 Å². The van der Waals surface area contributed by atoms with E-state index in [4.69, 9.17) is 15.2 Å². The van der Waals surface area contributed by atoms with Gasteiger partial charge in [-0.25, -0.2) is 0 Å². The fourth-order valence-corrected chi connectivity index (χ4v) is 2.71. The number of rotatable bonds is 2. The molecule has 0 aromatic rings. The Morgan fingerprint density at radius 1 is 1.33 bits per heavy atom. The van der Waals surface area contributed by atoms with Gasteiger partial charge in [0.25, 0.3) is 0 Å². The number of hydrogen-bond acceptors (Lipinski definition) is 3. The summed E-state index contributed by atoms with van der Waals surface area (Å²) in [6.45, 7) is 7.19. The third kappa shape index (κ3) is 2.35. The quantitative estimate of drug-likeness (QED) is 0.761. The van der Waals surface area contributed by atoms with Crippen LogP contribution < -0.4 is 5.73 Å². The van der Waals surface area contributed by atoms with Gasteiger partial charge < -0.3 is 15.2 Å². The van der Waals surface area contributed by atoms with E-state index in [2.05, 4.69) is 20.8 Å². The first-order valence-electron chi connectivity index (χ1n) is 6.00.